The van der Waals surface area contributed by atoms with Crippen LogP contribution in [0.1, 0.15) is 33.9 Å². The van der Waals surface area contributed by atoms with Crippen LogP contribution in [0.4, 0.5) is 0 Å². The Hall–Kier alpha value is -0.570. The van der Waals surface area contributed by atoms with Crippen molar-refractivity contribution in [2.75, 3.05) is 5.88 Å². The minimum Gasteiger partial charge on any atom is -0.389 e. The Morgan fingerprint density at radius 2 is 1.50 bits per heavy atom. The molecule has 2 unspecified atom stereocenters. The zero-order valence-electron chi connectivity index (χ0n) is 10.2. The second-order valence-corrected chi connectivity index (χ2v) is 4.65. The molecule has 0 spiro atoms. The molecular formula is C13H19ClO2. The molecule has 2 atom stereocenters. The lowest BCUT2D eigenvalue weighted by atomic mass is 9.89. The number of alkyl halides is 1. The minimum absolute atomic E-state index is 0.0348. The van der Waals surface area contributed by atoms with Crippen molar-refractivity contribution in [3.63, 3.8) is 0 Å². The molecule has 0 aliphatic heterocycles. The van der Waals surface area contributed by atoms with Gasteiger partial charge in [-0.15, -0.1) is 11.6 Å². The summed E-state index contributed by atoms with van der Waals surface area (Å²) in [5, 5.41) is 19.7. The third-order valence-corrected chi connectivity index (χ3v) is 3.56. The fourth-order valence-corrected chi connectivity index (χ4v) is 2.14. The molecule has 3 heteroatoms. The third kappa shape index (κ3) is 2.40. The molecule has 0 bridgehead atoms. The largest absolute Gasteiger partial charge is 0.389 e. The molecule has 2 nitrogen and oxygen atoms in total. The van der Waals surface area contributed by atoms with Crippen molar-refractivity contribution in [1.82, 2.24) is 0 Å². The van der Waals surface area contributed by atoms with Gasteiger partial charge in [-0.3, -0.25) is 0 Å². The van der Waals surface area contributed by atoms with Gasteiger partial charge in [0.05, 0.1) is 12.0 Å². The van der Waals surface area contributed by atoms with E-state index in [9.17, 15) is 10.2 Å². The summed E-state index contributed by atoms with van der Waals surface area (Å²) >= 11 is 5.57. The van der Waals surface area contributed by atoms with E-state index in [1.807, 2.05) is 27.7 Å². The first kappa shape index (κ1) is 13.5. The summed E-state index contributed by atoms with van der Waals surface area (Å²) in [6.45, 7) is 7.93. The molecule has 0 saturated carbocycles. The van der Waals surface area contributed by atoms with E-state index in [1.165, 1.54) is 0 Å². The molecule has 0 amide bonds. The van der Waals surface area contributed by atoms with Crippen LogP contribution in [0, 0.1) is 27.7 Å². The van der Waals surface area contributed by atoms with E-state index in [4.69, 9.17) is 11.6 Å². The van der Waals surface area contributed by atoms with Gasteiger partial charge in [0.1, 0.15) is 6.10 Å². The van der Waals surface area contributed by atoms with Gasteiger partial charge in [-0.25, -0.2) is 0 Å². The average Bonchev–Trinajstić information content (AvgIpc) is 2.25. The zero-order valence-corrected chi connectivity index (χ0v) is 11.0. The van der Waals surface area contributed by atoms with Gasteiger partial charge in [0, 0.05) is 0 Å². The maximum atomic E-state index is 10.1. The first-order valence-corrected chi connectivity index (χ1v) is 5.93. The monoisotopic (exact) mass is 242 g/mol. The van der Waals surface area contributed by atoms with Crippen molar-refractivity contribution >= 4 is 11.6 Å². The van der Waals surface area contributed by atoms with Crippen molar-refractivity contribution < 1.29 is 10.2 Å². The van der Waals surface area contributed by atoms with Gasteiger partial charge in [0.15, 0.2) is 0 Å². The SMILES string of the molecule is Cc1cc(C)c(C)c(C(O)C(O)CCl)c1C. The van der Waals surface area contributed by atoms with E-state index in [0.717, 1.165) is 27.8 Å². The number of hydrogen-bond acceptors (Lipinski definition) is 2. The van der Waals surface area contributed by atoms with Gasteiger partial charge in [-0.1, -0.05) is 6.07 Å². The van der Waals surface area contributed by atoms with Crippen molar-refractivity contribution in [1.29, 1.82) is 0 Å². The maximum Gasteiger partial charge on any atom is 0.107 e. The standard InChI is InChI=1S/C13H19ClO2/c1-7-5-8(2)10(4)12(9(7)3)13(16)11(15)6-14/h5,11,13,15-16H,6H2,1-4H3. The highest BCUT2D eigenvalue weighted by atomic mass is 35.5. The van der Waals surface area contributed by atoms with E-state index >= 15 is 0 Å². The van der Waals surface area contributed by atoms with E-state index in [2.05, 4.69) is 6.07 Å². The van der Waals surface area contributed by atoms with Crippen LogP contribution in [-0.2, 0) is 0 Å². The Labute approximate surface area is 102 Å². The predicted molar refractivity (Wildman–Crippen MR) is 67.1 cm³/mol. The molecule has 0 heterocycles. The summed E-state index contributed by atoms with van der Waals surface area (Å²) in [7, 11) is 0. The highest BCUT2D eigenvalue weighted by Crippen LogP contribution is 2.29. The Kier molecular flexibility index (Phi) is 4.36. The van der Waals surface area contributed by atoms with E-state index in [0.29, 0.717) is 0 Å². The third-order valence-electron chi connectivity index (χ3n) is 3.24. The highest BCUT2D eigenvalue weighted by Gasteiger charge is 2.22. The molecule has 1 aromatic carbocycles. The van der Waals surface area contributed by atoms with Crippen LogP contribution in [0.3, 0.4) is 0 Å². The number of benzene rings is 1. The molecule has 1 rings (SSSR count). The normalized spacial score (nSPS) is 14.9. The lowest BCUT2D eigenvalue weighted by Crippen LogP contribution is -2.22. The summed E-state index contributed by atoms with van der Waals surface area (Å²) in [5.74, 6) is 0.0348. The summed E-state index contributed by atoms with van der Waals surface area (Å²) in [4.78, 5) is 0. The van der Waals surface area contributed by atoms with E-state index in [-0.39, 0.29) is 5.88 Å². The van der Waals surface area contributed by atoms with Gasteiger partial charge in [0.25, 0.3) is 0 Å². The molecule has 0 aromatic heterocycles. The molecule has 0 fully saturated rings. The second kappa shape index (κ2) is 5.17. The summed E-state index contributed by atoms with van der Waals surface area (Å²) in [6, 6.07) is 2.09. The second-order valence-electron chi connectivity index (χ2n) is 4.34. The summed E-state index contributed by atoms with van der Waals surface area (Å²) < 4.78 is 0. The van der Waals surface area contributed by atoms with Crippen LogP contribution in [-0.4, -0.2) is 22.2 Å². The molecule has 0 radical (unpaired) electrons. The first-order valence-electron chi connectivity index (χ1n) is 5.39. The smallest absolute Gasteiger partial charge is 0.107 e. The number of hydrogen-bond donors (Lipinski definition) is 2. The number of aliphatic hydroxyl groups excluding tert-OH is 2. The van der Waals surface area contributed by atoms with Crippen molar-refractivity contribution in [3.05, 3.63) is 33.9 Å². The number of aliphatic hydroxyl groups is 2. The molecule has 0 aliphatic rings. The molecule has 2 N–H and O–H groups in total. The van der Waals surface area contributed by atoms with Crippen molar-refractivity contribution in [2.45, 2.75) is 39.9 Å². The first-order chi connectivity index (χ1) is 7.40. The van der Waals surface area contributed by atoms with Gasteiger partial charge < -0.3 is 10.2 Å². The lowest BCUT2D eigenvalue weighted by molar-refractivity contribution is 0.0318. The van der Waals surface area contributed by atoms with Gasteiger partial charge >= 0.3 is 0 Å². The van der Waals surface area contributed by atoms with Crippen LogP contribution in [0.5, 0.6) is 0 Å². The average molecular weight is 243 g/mol. The van der Waals surface area contributed by atoms with Crippen LogP contribution in [0.25, 0.3) is 0 Å². The van der Waals surface area contributed by atoms with Gasteiger partial charge in [-0.2, -0.15) is 0 Å². The number of rotatable bonds is 3. The highest BCUT2D eigenvalue weighted by molar-refractivity contribution is 6.18. The topological polar surface area (TPSA) is 40.5 Å². The van der Waals surface area contributed by atoms with Crippen LogP contribution >= 0.6 is 11.6 Å². The fourth-order valence-electron chi connectivity index (χ4n) is 1.97. The predicted octanol–water partition coefficient (Wildman–Crippen LogP) is 2.55. The molecule has 0 saturated heterocycles. The lowest BCUT2D eigenvalue weighted by Gasteiger charge is -2.22. The quantitative estimate of drug-likeness (QED) is 0.800. The van der Waals surface area contributed by atoms with Crippen molar-refractivity contribution in [3.8, 4) is 0 Å². The fraction of sp³-hybridized carbons (Fsp3) is 0.538. The maximum absolute atomic E-state index is 10.1. The van der Waals surface area contributed by atoms with E-state index in [1.54, 1.807) is 0 Å². The summed E-state index contributed by atoms with van der Waals surface area (Å²) in [5.41, 5.74) is 5.11. The number of halogens is 1. The Morgan fingerprint density at radius 1 is 1.06 bits per heavy atom. The Balaban J connectivity index is 3.31. The Morgan fingerprint density at radius 3 is 1.88 bits per heavy atom. The van der Waals surface area contributed by atoms with E-state index < -0.39 is 12.2 Å². The molecule has 1 aromatic rings. The van der Waals surface area contributed by atoms with Crippen LogP contribution < -0.4 is 0 Å². The molecule has 0 aliphatic carbocycles. The minimum atomic E-state index is -0.916. The molecular weight excluding hydrogens is 224 g/mol. The number of aryl methyl sites for hydroxylation is 2. The van der Waals surface area contributed by atoms with Gasteiger partial charge in [0.2, 0.25) is 0 Å². The molecule has 16 heavy (non-hydrogen) atoms. The van der Waals surface area contributed by atoms with Crippen molar-refractivity contribution in [2.24, 2.45) is 0 Å². The zero-order chi connectivity index (χ0) is 12.5. The molecule has 90 valence electrons. The van der Waals surface area contributed by atoms with Crippen LogP contribution in [0.2, 0.25) is 0 Å². The van der Waals surface area contributed by atoms with Crippen LogP contribution in [0.15, 0.2) is 6.07 Å². The van der Waals surface area contributed by atoms with Gasteiger partial charge in [-0.05, 0) is 55.5 Å². The summed E-state index contributed by atoms with van der Waals surface area (Å²) in [6.07, 6.45) is -1.82. The Bertz CT molecular complexity index is 362.